The molecule has 22 heavy (non-hydrogen) atoms. The standard InChI is InChI=1S/C20H23NS/c1-4-16-10-8-9-13-18(16)21-19(15(2)3)14-22-20(21)17-11-6-5-7-12-17/h4-11,13,17,19-20H,1-2,12,14H2,3H3. The first-order chi connectivity index (χ1) is 10.7. The molecule has 2 heteroatoms. The number of hydrogen-bond acceptors (Lipinski definition) is 2. The highest BCUT2D eigenvalue weighted by Crippen LogP contribution is 2.43. The third-order valence-corrected chi connectivity index (χ3v) is 5.84. The summed E-state index contributed by atoms with van der Waals surface area (Å²) in [6, 6.07) is 8.96. The van der Waals surface area contributed by atoms with Crippen LogP contribution < -0.4 is 4.90 Å². The Labute approximate surface area is 138 Å². The van der Waals surface area contributed by atoms with E-state index in [1.54, 1.807) is 0 Å². The van der Waals surface area contributed by atoms with E-state index < -0.39 is 0 Å². The second-order valence-electron chi connectivity index (χ2n) is 5.97. The van der Waals surface area contributed by atoms with E-state index in [0.29, 0.717) is 17.3 Å². The van der Waals surface area contributed by atoms with Gasteiger partial charge in [0.1, 0.15) is 0 Å². The minimum atomic E-state index is 0.399. The van der Waals surface area contributed by atoms with Gasteiger partial charge in [0.2, 0.25) is 0 Å². The summed E-state index contributed by atoms with van der Waals surface area (Å²) in [5.41, 5.74) is 3.73. The normalized spacial score (nSPS) is 27.1. The summed E-state index contributed by atoms with van der Waals surface area (Å²) in [4.78, 5) is 2.57. The summed E-state index contributed by atoms with van der Waals surface area (Å²) >= 11 is 2.05. The molecule has 3 rings (SSSR count). The summed E-state index contributed by atoms with van der Waals surface area (Å²) in [6.07, 6.45) is 12.0. The van der Waals surface area contributed by atoms with Gasteiger partial charge in [0, 0.05) is 17.4 Å². The van der Waals surface area contributed by atoms with Crippen molar-refractivity contribution in [1.29, 1.82) is 0 Å². The Morgan fingerprint density at radius 1 is 1.32 bits per heavy atom. The van der Waals surface area contributed by atoms with Crippen molar-refractivity contribution < 1.29 is 0 Å². The Kier molecular flexibility index (Phi) is 4.58. The van der Waals surface area contributed by atoms with Crippen molar-refractivity contribution in [1.82, 2.24) is 0 Å². The van der Waals surface area contributed by atoms with Crippen molar-refractivity contribution in [2.45, 2.75) is 24.8 Å². The minimum absolute atomic E-state index is 0.399. The van der Waals surface area contributed by atoms with E-state index >= 15 is 0 Å². The maximum atomic E-state index is 4.24. The number of para-hydroxylation sites is 1. The van der Waals surface area contributed by atoms with Crippen LogP contribution in [0.25, 0.3) is 6.08 Å². The van der Waals surface area contributed by atoms with Gasteiger partial charge in [-0.25, -0.2) is 0 Å². The molecule has 1 aliphatic heterocycles. The third-order valence-electron chi connectivity index (χ3n) is 4.42. The van der Waals surface area contributed by atoms with Gasteiger partial charge in [-0.15, -0.1) is 11.8 Å². The average Bonchev–Trinajstić information content (AvgIpc) is 3.00. The van der Waals surface area contributed by atoms with Gasteiger partial charge in [-0.05, 0) is 25.0 Å². The highest BCUT2D eigenvalue weighted by Gasteiger charge is 2.38. The fourth-order valence-electron chi connectivity index (χ4n) is 3.25. The van der Waals surface area contributed by atoms with Crippen LogP contribution in [0.3, 0.4) is 0 Å². The predicted octanol–water partition coefficient (Wildman–Crippen LogP) is 5.29. The number of thioether (sulfide) groups is 1. The van der Waals surface area contributed by atoms with Crippen LogP contribution in [0.1, 0.15) is 18.9 Å². The molecule has 0 spiro atoms. The zero-order chi connectivity index (χ0) is 15.5. The van der Waals surface area contributed by atoms with E-state index in [2.05, 4.69) is 85.3 Å². The van der Waals surface area contributed by atoms with Crippen molar-refractivity contribution in [2.75, 3.05) is 10.7 Å². The van der Waals surface area contributed by atoms with Crippen molar-refractivity contribution in [2.24, 2.45) is 5.92 Å². The van der Waals surface area contributed by atoms with E-state index in [4.69, 9.17) is 0 Å². The molecule has 0 radical (unpaired) electrons. The molecule has 114 valence electrons. The van der Waals surface area contributed by atoms with Crippen LogP contribution in [0, 0.1) is 5.92 Å². The van der Waals surface area contributed by atoms with Crippen molar-refractivity contribution in [3.8, 4) is 0 Å². The molecule has 2 aliphatic rings. The summed E-state index contributed by atoms with van der Waals surface area (Å²) in [6.45, 7) is 10.4. The Morgan fingerprint density at radius 2 is 2.14 bits per heavy atom. The second-order valence-corrected chi connectivity index (χ2v) is 7.12. The molecule has 3 unspecified atom stereocenters. The molecular formula is C20H23NS. The quantitative estimate of drug-likeness (QED) is 0.696. The maximum absolute atomic E-state index is 4.24. The van der Waals surface area contributed by atoms with E-state index in [0.717, 1.165) is 12.2 Å². The van der Waals surface area contributed by atoms with Crippen LogP contribution in [0.4, 0.5) is 5.69 Å². The van der Waals surface area contributed by atoms with Crippen LogP contribution >= 0.6 is 11.8 Å². The molecule has 1 nitrogen and oxygen atoms in total. The molecule has 1 heterocycles. The van der Waals surface area contributed by atoms with Crippen LogP contribution in [0.5, 0.6) is 0 Å². The number of allylic oxidation sites excluding steroid dienone is 3. The fourth-order valence-corrected chi connectivity index (χ4v) is 4.94. The van der Waals surface area contributed by atoms with Crippen LogP contribution in [0.15, 0.2) is 67.3 Å². The summed E-state index contributed by atoms with van der Waals surface area (Å²) in [7, 11) is 0. The monoisotopic (exact) mass is 309 g/mol. The predicted molar refractivity (Wildman–Crippen MR) is 100 cm³/mol. The molecule has 3 atom stereocenters. The lowest BCUT2D eigenvalue weighted by Crippen LogP contribution is -2.40. The van der Waals surface area contributed by atoms with Gasteiger partial charge in [-0.2, -0.15) is 0 Å². The van der Waals surface area contributed by atoms with Gasteiger partial charge in [0.25, 0.3) is 0 Å². The zero-order valence-corrected chi connectivity index (χ0v) is 13.9. The highest BCUT2D eigenvalue weighted by molar-refractivity contribution is 8.00. The first-order valence-corrected chi connectivity index (χ1v) is 8.87. The van der Waals surface area contributed by atoms with Crippen molar-refractivity contribution >= 4 is 23.5 Å². The number of hydrogen-bond donors (Lipinski definition) is 0. The average molecular weight is 309 g/mol. The Balaban J connectivity index is 2.00. The Bertz CT molecular complexity index is 628. The molecule has 1 aromatic carbocycles. The first kappa shape index (κ1) is 15.2. The zero-order valence-electron chi connectivity index (χ0n) is 13.1. The van der Waals surface area contributed by atoms with E-state index in [-0.39, 0.29) is 0 Å². The molecule has 0 N–H and O–H groups in total. The van der Waals surface area contributed by atoms with Gasteiger partial charge in [-0.1, -0.05) is 67.3 Å². The van der Waals surface area contributed by atoms with Gasteiger partial charge in [0.15, 0.2) is 0 Å². The molecule has 0 saturated carbocycles. The smallest absolute Gasteiger partial charge is 0.0823 e. The summed E-state index contributed by atoms with van der Waals surface area (Å²) in [5, 5.41) is 0.462. The summed E-state index contributed by atoms with van der Waals surface area (Å²) in [5.74, 6) is 1.66. The molecular weight excluding hydrogens is 286 g/mol. The van der Waals surface area contributed by atoms with Crippen molar-refractivity contribution in [3.05, 3.63) is 72.9 Å². The molecule has 1 aromatic rings. The minimum Gasteiger partial charge on any atom is -0.351 e. The van der Waals surface area contributed by atoms with Gasteiger partial charge in [0.05, 0.1) is 11.4 Å². The number of benzene rings is 1. The second kappa shape index (κ2) is 6.62. The number of anilines is 1. The lowest BCUT2D eigenvalue weighted by Gasteiger charge is -2.36. The molecule has 1 saturated heterocycles. The topological polar surface area (TPSA) is 3.24 Å². The SMILES string of the molecule is C=Cc1ccccc1N1C(C(=C)C)CSC1C1C=CC=CC1. The van der Waals surface area contributed by atoms with E-state index in [1.807, 2.05) is 6.08 Å². The highest BCUT2D eigenvalue weighted by atomic mass is 32.2. The lowest BCUT2D eigenvalue weighted by molar-refractivity contribution is 0.575. The molecule has 1 fully saturated rings. The molecule has 1 aliphatic carbocycles. The van der Waals surface area contributed by atoms with Gasteiger partial charge >= 0.3 is 0 Å². The van der Waals surface area contributed by atoms with Gasteiger partial charge in [-0.3, -0.25) is 0 Å². The maximum Gasteiger partial charge on any atom is 0.0823 e. The molecule has 0 amide bonds. The number of rotatable bonds is 4. The molecule has 0 aromatic heterocycles. The van der Waals surface area contributed by atoms with Crippen LogP contribution in [0.2, 0.25) is 0 Å². The largest absolute Gasteiger partial charge is 0.351 e. The van der Waals surface area contributed by atoms with Crippen molar-refractivity contribution in [3.63, 3.8) is 0 Å². The number of nitrogens with zero attached hydrogens (tertiary/aromatic N) is 1. The Hall–Kier alpha value is -1.67. The van der Waals surface area contributed by atoms with Gasteiger partial charge < -0.3 is 4.90 Å². The third kappa shape index (κ3) is 2.80. The van der Waals surface area contributed by atoms with Crippen LogP contribution in [-0.4, -0.2) is 17.2 Å². The van der Waals surface area contributed by atoms with Crippen LogP contribution in [-0.2, 0) is 0 Å². The first-order valence-electron chi connectivity index (χ1n) is 7.82. The fraction of sp³-hybridized carbons (Fsp3) is 0.300. The molecule has 0 bridgehead atoms. The summed E-state index contributed by atoms with van der Waals surface area (Å²) < 4.78 is 0. The Morgan fingerprint density at radius 3 is 2.82 bits per heavy atom. The lowest BCUT2D eigenvalue weighted by atomic mass is 9.97. The van der Waals surface area contributed by atoms with E-state index in [9.17, 15) is 0 Å². The van der Waals surface area contributed by atoms with E-state index in [1.165, 1.54) is 16.8 Å².